The monoisotopic (exact) mass is 110 g/mol. The molecule has 0 saturated carbocycles. The van der Waals surface area contributed by atoms with E-state index in [4.69, 9.17) is 0 Å². The van der Waals surface area contributed by atoms with Crippen molar-refractivity contribution in [1.29, 1.82) is 0 Å². The fourth-order valence-corrected chi connectivity index (χ4v) is 0.588. The molecule has 0 saturated heterocycles. The Morgan fingerprint density at radius 3 is 2.75 bits per heavy atom. The molecule has 44 valence electrons. The topological polar surface area (TPSA) is 15.3 Å². The van der Waals surface area contributed by atoms with Gasteiger partial charge in [-0.05, 0) is 19.1 Å². The van der Waals surface area contributed by atoms with E-state index < -0.39 is 0 Å². The summed E-state index contributed by atoms with van der Waals surface area (Å²) in [4.78, 5) is 0. The van der Waals surface area contributed by atoms with E-state index >= 15 is 0 Å². The first kappa shape index (κ1) is 5.22. The highest BCUT2D eigenvalue weighted by atomic mass is 15.5. The van der Waals surface area contributed by atoms with Gasteiger partial charge < -0.3 is 5.43 Å². The first-order valence-electron chi connectivity index (χ1n) is 2.79. The number of allylic oxidation sites excluding steroid dienone is 2. The molecule has 0 spiro atoms. The van der Waals surface area contributed by atoms with Gasteiger partial charge in [0.1, 0.15) is 0 Å². The van der Waals surface area contributed by atoms with Crippen molar-refractivity contribution in [2.24, 2.45) is 0 Å². The van der Waals surface area contributed by atoms with Crippen LogP contribution in [0.1, 0.15) is 6.92 Å². The van der Waals surface area contributed by atoms with E-state index in [-0.39, 0.29) is 0 Å². The molecule has 0 amide bonds. The Morgan fingerprint density at radius 1 is 1.50 bits per heavy atom. The Bertz CT molecular complexity index is 116. The van der Waals surface area contributed by atoms with Gasteiger partial charge in [-0.15, -0.1) is 0 Å². The average molecular weight is 110 g/mol. The van der Waals surface area contributed by atoms with Gasteiger partial charge in [0, 0.05) is 18.9 Å². The maximum atomic E-state index is 3.03. The normalized spacial score (nSPS) is 16.4. The summed E-state index contributed by atoms with van der Waals surface area (Å²) in [6, 6.07) is 0. The molecule has 0 unspecified atom stereocenters. The van der Waals surface area contributed by atoms with Gasteiger partial charge in [-0.3, -0.25) is 5.01 Å². The van der Waals surface area contributed by atoms with Crippen LogP contribution in [0.2, 0.25) is 0 Å². The lowest BCUT2D eigenvalue weighted by atomic mass is 10.5. The molecule has 0 fully saturated rings. The molecule has 0 atom stereocenters. The summed E-state index contributed by atoms with van der Waals surface area (Å²) in [6.45, 7) is 3.09. The summed E-state index contributed by atoms with van der Waals surface area (Å²) in [5.41, 5.74) is 3.03. The van der Waals surface area contributed by atoms with Crippen LogP contribution in [0.15, 0.2) is 24.6 Å². The molecule has 0 aromatic rings. The van der Waals surface area contributed by atoms with Gasteiger partial charge in [-0.2, -0.15) is 0 Å². The number of nitrogens with one attached hydrogen (secondary N) is 1. The lowest BCUT2D eigenvalue weighted by molar-refractivity contribution is 0.329. The minimum absolute atomic E-state index is 1.00. The van der Waals surface area contributed by atoms with Crippen LogP contribution in [0.25, 0.3) is 0 Å². The molecule has 2 nitrogen and oxygen atoms in total. The van der Waals surface area contributed by atoms with Gasteiger partial charge in [0.2, 0.25) is 0 Å². The predicted octanol–water partition coefficient (Wildman–Crippen LogP) is 0.854. The first-order chi connectivity index (χ1) is 3.93. The summed E-state index contributed by atoms with van der Waals surface area (Å²) >= 11 is 0. The fourth-order valence-electron chi connectivity index (χ4n) is 0.588. The molecule has 1 heterocycles. The molecule has 0 aromatic heterocycles. The molecule has 1 aliphatic rings. The zero-order valence-electron chi connectivity index (χ0n) is 4.96. The molecule has 0 aromatic carbocycles. The van der Waals surface area contributed by atoms with Crippen molar-refractivity contribution in [2.75, 3.05) is 6.54 Å². The third kappa shape index (κ3) is 1.03. The molecule has 0 aliphatic carbocycles. The van der Waals surface area contributed by atoms with E-state index in [0.717, 1.165) is 6.54 Å². The fraction of sp³-hybridized carbons (Fsp3) is 0.333. The molecule has 2 heteroatoms. The van der Waals surface area contributed by atoms with Crippen molar-refractivity contribution in [3.63, 3.8) is 0 Å². The molecule has 1 aliphatic heterocycles. The van der Waals surface area contributed by atoms with Crippen LogP contribution in [0, 0.1) is 0 Å². The molecule has 1 rings (SSSR count). The number of nitrogens with zero attached hydrogens (tertiary/aromatic N) is 1. The Labute approximate surface area is 49.5 Å². The maximum Gasteiger partial charge on any atom is 0.0358 e. The van der Waals surface area contributed by atoms with E-state index in [0.29, 0.717) is 0 Å². The smallest absolute Gasteiger partial charge is 0.0358 e. The minimum atomic E-state index is 1.00. The Kier molecular flexibility index (Phi) is 1.57. The third-order valence-corrected chi connectivity index (χ3v) is 1.05. The van der Waals surface area contributed by atoms with Gasteiger partial charge >= 0.3 is 0 Å². The Morgan fingerprint density at radius 2 is 2.38 bits per heavy atom. The Hall–Kier alpha value is -0.920. The summed E-state index contributed by atoms with van der Waals surface area (Å²) in [5.74, 6) is 0. The van der Waals surface area contributed by atoms with Gasteiger partial charge in [-0.1, -0.05) is 0 Å². The van der Waals surface area contributed by atoms with E-state index in [1.54, 1.807) is 0 Å². The van der Waals surface area contributed by atoms with Crippen LogP contribution in [-0.2, 0) is 0 Å². The van der Waals surface area contributed by atoms with Crippen LogP contribution in [-0.4, -0.2) is 11.6 Å². The van der Waals surface area contributed by atoms with E-state index in [2.05, 4.69) is 12.3 Å². The third-order valence-electron chi connectivity index (χ3n) is 1.05. The van der Waals surface area contributed by atoms with Gasteiger partial charge in [0.25, 0.3) is 0 Å². The van der Waals surface area contributed by atoms with Gasteiger partial charge in [0.15, 0.2) is 0 Å². The second kappa shape index (κ2) is 2.40. The zero-order chi connectivity index (χ0) is 5.82. The number of hydrazine groups is 1. The standard InChI is InChI=1S/C6H10N2/c1-2-8-6-4-3-5-7-8/h3-7H,2H2,1H3. The lowest BCUT2D eigenvalue weighted by Gasteiger charge is -2.19. The number of hydrogen-bond acceptors (Lipinski definition) is 2. The number of hydrogen-bond donors (Lipinski definition) is 1. The van der Waals surface area contributed by atoms with Gasteiger partial charge in [0.05, 0.1) is 0 Å². The second-order valence-corrected chi connectivity index (χ2v) is 1.62. The summed E-state index contributed by atoms with van der Waals surface area (Å²) in [7, 11) is 0. The van der Waals surface area contributed by atoms with Crippen LogP contribution in [0.3, 0.4) is 0 Å². The molecule has 1 N–H and O–H groups in total. The Balaban J connectivity index is 2.40. The van der Waals surface area contributed by atoms with Crippen molar-refractivity contribution in [1.82, 2.24) is 10.4 Å². The van der Waals surface area contributed by atoms with Crippen molar-refractivity contribution >= 4 is 0 Å². The summed E-state index contributed by atoms with van der Waals surface area (Å²) < 4.78 is 0. The van der Waals surface area contributed by atoms with Crippen molar-refractivity contribution in [3.05, 3.63) is 24.6 Å². The molecule has 8 heavy (non-hydrogen) atoms. The minimum Gasteiger partial charge on any atom is -0.306 e. The van der Waals surface area contributed by atoms with Crippen molar-refractivity contribution in [2.45, 2.75) is 6.92 Å². The highest BCUT2D eigenvalue weighted by Gasteiger charge is 1.89. The highest BCUT2D eigenvalue weighted by Crippen LogP contribution is 1.89. The van der Waals surface area contributed by atoms with E-state index in [9.17, 15) is 0 Å². The molecular weight excluding hydrogens is 100 g/mol. The van der Waals surface area contributed by atoms with Crippen LogP contribution < -0.4 is 5.43 Å². The van der Waals surface area contributed by atoms with Crippen LogP contribution in [0.4, 0.5) is 0 Å². The summed E-state index contributed by atoms with van der Waals surface area (Å²) in [5, 5.41) is 2.00. The van der Waals surface area contributed by atoms with E-state index in [1.807, 2.05) is 29.6 Å². The molecule has 0 bridgehead atoms. The largest absolute Gasteiger partial charge is 0.306 e. The first-order valence-corrected chi connectivity index (χ1v) is 2.79. The quantitative estimate of drug-likeness (QED) is 0.538. The lowest BCUT2D eigenvalue weighted by Crippen LogP contribution is -2.29. The van der Waals surface area contributed by atoms with Crippen molar-refractivity contribution in [3.8, 4) is 0 Å². The SMILES string of the molecule is CCN1C=CC=CN1. The molecular formula is C6H10N2. The summed E-state index contributed by atoms with van der Waals surface area (Å²) in [6.07, 6.45) is 7.87. The van der Waals surface area contributed by atoms with Gasteiger partial charge in [-0.25, -0.2) is 0 Å². The van der Waals surface area contributed by atoms with E-state index in [1.165, 1.54) is 0 Å². The molecule has 0 radical (unpaired) electrons. The maximum absolute atomic E-state index is 3.03. The number of rotatable bonds is 1. The second-order valence-electron chi connectivity index (χ2n) is 1.62. The van der Waals surface area contributed by atoms with Crippen LogP contribution >= 0.6 is 0 Å². The van der Waals surface area contributed by atoms with Crippen LogP contribution in [0.5, 0.6) is 0 Å². The predicted molar refractivity (Wildman–Crippen MR) is 33.8 cm³/mol. The average Bonchev–Trinajstić information content (AvgIpc) is 1.90. The zero-order valence-corrected chi connectivity index (χ0v) is 4.96. The van der Waals surface area contributed by atoms with Crippen molar-refractivity contribution < 1.29 is 0 Å². The highest BCUT2D eigenvalue weighted by molar-refractivity contribution is 5.04.